The molecule has 1 aromatic carbocycles. The summed E-state index contributed by atoms with van der Waals surface area (Å²) in [5, 5.41) is 22.9. The minimum atomic E-state index is -0.684. The van der Waals surface area contributed by atoms with Crippen LogP contribution in [-0.4, -0.2) is 90.8 Å². The predicted octanol–water partition coefficient (Wildman–Crippen LogP) is 5.93. The van der Waals surface area contributed by atoms with Gasteiger partial charge in [-0.05, 0) is 56.2 Å². The average molecular weight is 749 g/mol. The Labute approximate surface area is 312 Å². The molecule has 5 heterocycles. The number of hydrogen-bond donors (Lipinski definition) is 3. The first-order chi connectivity index (χ1) is 25.1. The summed E-state index contributed by atoms with van der Waals surface area (Å²) in [6, 6.07) is 11.0. The number of halogens is 2. The molecule has 2 fully saturated rings. The number of aliphatic hydroxyl groups is 1. The third-order valence-electron chi connectivity index (χ3n) is 10.7. The molecule has 12 nitrogen and oxygen atoms in total. The number of aromatic nitrogens is 4. The molecule has 1 atom stereocenters. The fraction of sp³-hybridized carbons (Fsp3) is 0.447. The van der Waals surface area contributed by atoms with Gasteiger partial charge in [0.25, 0.3) is 5.91 Å². The van der Waals surface area contributed by atoms with Crippen LogP contribution in [0.25, 0.3) is 22.5 Å². The number of pyridine rings is 2. The van der Waals surface area contributed by atoms with Gasteiger partial charge in [0.15, 0.2) is 5.82 Å². The van der Waals surface area contributed by atoms with E-state index in [1.807, 2.05) is 23.7 Å². The van der Waals surface area contributed by atoms with Gasteiger partial charge in [-0.2, -0.15) is 0 Å². The highest BCUT2D eigenvalue weighted by atomic mass is 35.5. The summed E-state index contributed by atoms with van der Waals surface area (Å²) in [7, 11) is 3.45. The number of hydrogen-bond acceptors (Lipinski definition) is 9. The van der Waals surface area contributed by atoms with E-state index < -0.39 is 5.97 Å². The number of nitrogens with one attached hydrogen (secondary N) is 1. The molecule has 3 aromatic heterocycles. The van der Waals surface area contributed by atoms with E-state index in [4.69, 9.17) is 37.9 Å². The third-order valence-corrected chi connectivity index (χ3v) is 11.5. The number of carbonyl (C=O) groups is 2. The van der Waals surface area contributed by atoms with Crippen molar-refractivity contribution in [2.24, 2.45) is 18.9 Å². The smallest absolute Gasteiger partial charge is 0.306 e. The van der Waals surface area contributed by atoms with Crippen LogP contribution in [-0.2, 0) is 31.4 Å². The molecule has 14 heteroatoms. The number of carbonyl (C=O) groups excluding carboxylic acids is 1. The van der Waals surface area contributed by atoms with Crippen molar-refractivity contribution >= 4 is 40.8 Å². The molecule has 0 spiro atoms. The molecule has 274 valence electrons. The second-order valence-electron chi connectivity index (χ2n) is 14.1. The summed E-state index contributed by atoms with van der Waals surface area (Å²) < 4.78 is 7.50. The number of methoxy groups -OCH3 is 1. The van der Waals surface area contributed by atoms with Crippen molar-refractivity contribution in [2.45, 2.75) is 57.7 Å². The van der Waals surface area contributed by atoms with Crippen LogP contribution in [0.15, 0.2) is 42.6 Å². The lowest BCUT2D eigenvalue weighted by atomic mass is 9.81. The molecule has 1 saturated carbocycles. The molecular weight excluding hydrogens is 705 g/mol. The first kappa shape index (κ1) is 36.3. The highest BCUT2D eigenvalue weighted by Crippen LogP contribution is 2.40. The molecule has 1 aliphatic carbocycles. The van der Waals surface area contributed by atoms with Crippen molar-refractivity contribution in [3.63, 3.8) is 0 Å². The lowest BCUT2D eigenvalue weighted by molar-refractivity contribution is -0.143. The number of nitrogens with zero attached hydrogens (tertiary/aromatic N) is 6. The van der Waals surface area contributed by atoms with Gasteiger partial charge in [-0.1, -0.05) is 41.4 Å². The number of imidazole rings is 1. The maximum absolute atomic E-state index is 13.7. The van der Waals surface area contributed by atoms with E-state index in [0.717, 1.165) is 75.1 Å². The monoisotopic (exact) mass is 747 g/mol. The van der Waals surface area contributed by atoms with Gasteiger partial charge >= 0.3 is 5.97 Å². The molecule has 3 aliphatic rings. The lowest BCUT2D eigenvalue weighted by Crippen LogP contribution is -2.36. The summed E-state index contributed by atoms with van der Waals surface area (Å²) in [5.74, 6) is -0.0146. The van der Waals surface area contributed by atoms with Crippen LogP contribution in [0.5, 0.6) is 5.88 Å². The normalized spacial score (nSPS) is 20.8. The highest BCUT2D eigenvalue weighted by molar-refractivity contribution is 6.39. The molecule has 0 radical (unpaired) electrons. The van der Waals surface area contributed by atoms with Crippen molar-refractivity contribution in [3.8, 4) is 28.4 Å². The number of β-amino-alcohol motifs (C(OH)–C–C–N with tert-alkyl or cyclic N) is 1. The first-order valence-corrected chi connectivity index (χ1v) is 18.5. The number of rotatable bonds is 10. The molecule has 2 aliphatic heterocycles. The second-order valence-corrected chi connectivity index (χ2v) is 14.9. The Morgan fingerprint density at radius 1 is 0.981 bits per heavy atom. The van der Waals surface area contributed by atoms with Gasteiger partial charge in [0.2, 0.25) is 5.88 Å². The Morgan fingerprint density at radius 2 is 1.79 bits per heavy atom. The standard InChI is InChI=1S/C38H43Cl2N7O5/c1-45-31-14-17-46(18-22-6-8-23(9-7-22)38(50)51)21-30(31)42-35(45)36(49)43-29-5-3-4-27(32(29)39)34-33(40)26(12-15-41-34)28-11-10-24(37(44-28)52-2)19-47-16-13-25(48)20-47/h3-5,10-12,15,22-23,25,48H,6-9,13-14,16-21H2,1-2H3,(H,43,49)(H,50,51)/t22-,23-,25-/m0/s1. The van der Waals surface area contributed by atoms with Gasteiger partial charge in [0.1, 0.15) is 0 Å². The van der Waals surface area contributed by atoms with E-state index in [-0.39, 0.29) is 17.9 Å². The molecule has 0 bridgehead atoms. The Hall–Kier alpha value is -4.07. The molecule has 0 unspecified atom stereocenters. The summed E-state index contributed by atoms with van der Waals surface area (Å²) in [6.07, 6.45) is 6.18. The molecule has 4 aromatic rings. The Morgan fingerprint density at radius 3 is 2.52 bits per heavy atom. The van der Waals surface area contributed by atoms with Crippen molar-refractivity contribution in [2.75, 3.05) is 38.6 Å². The maximum Gasteiger partial charge on any atom is 0.306 e. The van der Waals surface area contributed by atoms with Crippen molar-refractivity contribution in [3.05, 3.63) is 75.4 Å². The van der Waals surface area contributed by atoms with E-state index >= 15 is 0 Å². The minimum Gasteiger partial charge on any atom is -0.481 e. The van der Waals surface area contributed by atoms with Crippen molar-refractivity contribution in [1.82, 2.24) is 29.3 Å². The van der Waals surface area contributed by atoms with Crippen LogP contribution in [0.4, 0.5) is 5.69 Å². The number of fused-ring (bicyclic) bond motifs is 1. The van der Waals surface area contributed by atoms with Gasteiger partial charge in [-0.3, -0.25) is 24.4 Å². The van der Waals surface area contributed by atoms with E-state index in [2.05, 4.69) is 20.1 Å². The quantitative estimate of drug-likeness (QED) is 0.179. The van der Waals surface area contributed by atoms with Gasteiger partial charge in [0.05, 0.1) is 51.9 Å². The van der Waals surface area contributed by atoms with E-state index in [9.17, 15) is 19.8 Å². The lowest BCUT2D eigenvalue weighted by Gasteiger charge is -2.33. The third kappa shape index (κ3) is 7.53. The van der Waals surface area contributed by atoms with Gasteiger partial charge in [0, 0.05) is 81.3 Å². The van der Waals surface area contributed by atoms with Crippen molar-refractivity contribution in [1.29, 1.82) is 0 Å². The van der Waals surface area contributed by atoms with E-state index in [1.165, 1.54) is 0 Å². The Kier molecular flexibility index (Phi) is 10.8. The molecule has 7 rings (SSSR count). The molecule has 3 N–H and O–H groups in total. The zero-order chi connectivity index (χ0) is 36.5. The number of aliphatic hydroxyl groups excluding tert-OH is 1. The number of anilines is 1. The van der Waals surface area contributed by atoms with Crippen LogP contribution < -0.4 is 10.1 Å². The number of benzene rings is 1. The Balaban J connectivity index is 1.06. The van der Waals surface area contributed by atoms with Crippen LogP contribution in [0, 0.1) is 11.8 Å². The van der Waals surface area contributed by atoms with Gasteiger partial charge < -0.3 is 24.8 Å². The fourth-order valence-electron chi connectivity index (χ4n) is 7.83. The summed E-state index contributed by atoms with van der Waals surface area (Å²) in [4.78, 5) is 43.7. The summed E-state index contributed by atoms with van der Waals surface area (Å²) in [5.41, 5.74) is 5.51. The number of likely N-dealkylation sites (tertiary alicyclic amines) is 1. The van der Waals surface area contributed by atoms with Crippen LogP contribution >= 0.6 is 23.2 Å². The predicted molar refractivity (Wildman–Crippen MR) is 199 cm³/mol. The Bertz CT molecular complexity index is 1980. The maximum atomic E-state index is 13.7. The molecule has 1 saturated heterocycles. The molecule has 1 amide bonds. The summed E-state index contributed by atoms with van der Waals surface area (Å²) >= 11 is 13.9. The zero-order valence-electron chi connectivity index (χ0n) is 29.3. The zero-order valence-corrected chi connectivity index (χ0v) is 30.8. The summed E-state index contributed by atoms with van der Waals surface area (Å²) in [6.45, 7) is 4.47. The average Bonchev–Trinajstić information content (AvgIpc) is 3.71. The van der Waals surface area contributed by atoms with Crippen LogP contribution in [0.2, 0.25) is 10.0 Å². The largest absolute Gasteiger partial charge is 0.481 e. The molecular formula is C38H43Cl2N7O5. The van der Waals surface area contributed by atoms with Gasteiger partial charge in [-0.15, -0.1) is 0 Å². The topological polar surface area (TPSA) is 146 Å². The number of amides is 1. The van der Waals surface area contributed by atoms with Gasteiger partial charge in [-0.25, -0.2) is 9.97 Å². The van der Waals surface area contributed by atoms with Crippen LogP contribution in [0.3, 0.4) is 0 Å². The number of carboxylic acids is 1. The fourth-order valence-corrected chi connectivity index (χ4v) is 8.40. The number of aliphatic carboxylic acids is 1. The number of ether oxygens (including phenoxy) is 1. The first-order valence-electron chi connectivity index (χ1n) is 17.8. The van der Waals surface area contributed by atoms with Crippen molar-refractivity contribution < 1.29 is 24.5 Å². The second kappa shape index (κ2) is 15.5. The SMILES string of the molecule is COc1nc(-c2ccnc(-c3cccc(NC(=O)c4nc5c(n4C)CCN(C[C@H]4CC[C@H](C(=O)O)CC4)C5)c3Cl)c2Cl)ccc1CN1CC[C@H](O)C1. The minimum absolute atomic E-state index is 0.221. The van der Waals surface area contributed by atoms with Crippen LogP contribution in [0.1, 0.15) is 59.7 Å². The number of carboxylic acid groups (broad SMARTS) is 1. The molecule has 52 heavy (non-hydrogen) atoms. The van der Waals surface area contributed by atoms with E-state index in [1.54, 1.807) is 37.6 Å². The highest BCUT2D eigenvalue weighted by Gasteiger charge is 2.31. The van der Waals surface area contributed by atoms with E-state index in [0.29, 0.717) is 75.5 Å².